The highest BCUT2D eigenvalue weighted by molar-refractivity contribution is 6.08. The number of nitrogens with one attached hydrogen (secondary N) is 2. The van der Waals surface area contributed by atoms with Crippen LogP contribution < -0.4 is 10.6 Å². The summed E-state index contributed by atoms with van der Waals surface area (Å²) in [6.07, 6.45) is 3.24. The number of anilines is 2. The summed E-state index contributed by atoms with van der Waals surface area (Å²) < 4.78 is 5.10. The third-order valence-corrected chi connectivity index (χ3v) is 5.23. The van der Waals surface area contributed by atoms with Crippen molar-refractivity contribution >= 4 is 23.2 Å². The van der Waals surface area contributed by atoms with E-state index in [-0.39, 0.29) is 11.8 Å². The van der Waals surface area contributed by atoms with Gasteiger partial charge in [0.05, 0.1) is 30.0 Å². The van der Waals surface area contributed by atoms with Gasteiger partial charge in [0.2, 0.25) is 0 Å². The first-order chi connectivity index (χ1) is 15.7. The zero-order valence-electron chi connectivity index (χ0n) is 19.1. The summed E-state index contributed by atoms with van der Waals surface area (Å²) in [5.74, 6) is -0.630. The molecule has 0 saturated carbocycles. The number of nitrogens with zero attached hydrogens (tertiary/aromatic N) is 2. The molecular weight excluding hydrogens is 416 g/mol. The fourth-order valence-corrected chi connectivity index (χ4v) is 3.26. The molecule has 0 bridgehead atoms. The third-order valence-electron chi connectivity index (χ3n) is 5.23. The highest BCUT2D eigenvalue weighted by Gasteiger charge is 2.21. The number of ether oxygens (including phenoxy) is 1. The van der Waals surface area contributed by atoms with Crippen molar-refractivity contribution in [2.24, 2.45) is 0 Å². The van der Waals surface area contributed by atoms with E-state index in [0.29, 0.717) is 29.1 Å². The van der Waals surface area contributed by atoms with Crippen LogP contribution in [0.25, 0.3) is 0 Å². The van der Waals surface area contributed by atoms with Crippen molar-refractivity contribution in [1.29, 1.82) is 5.26 Å². The van der Waals surface area contributed by atoms with Gasteiger partial charge in [-0.1, -0.05) is 18.2 Å². The van der Waals surface area contributed by atoms with Gasteiger partial charge in [-0.2, -0.15) is 5.26 Å². The Hall–Kier alpha value is -4.02. The van der Waals surface area contributed by atoms with Crippen LogP contribution in [0.5, 0.6) is 0 Å². The van der Waals surface area contributed by atoms with Gasteiger partial charge in [0.1, 0.15) is 0 Å². The van der Waals surface area contributed by atoms with Gasteiger partial charge in [-0.15, -0.1) is 0 Å². The number of rotatable bonds is 7. The number of aromatic nitrogens is 1. The fraction of sp³-hybridized carbons (Fsp3) is 0.231. The maximum Gasteiger partial charge on any atom is 0.256 e. The Morgan fingerprint density at radius 1 is 1.03 bits per heavy atom. The molecule has 0 aliphatic rings. The maximum absolute atomic E-state index is 12.9. The Morgan fingerprint density at radius 3 is 2.52 bits per heavy atom. The summed E-state index contributed by atoms with van der Waals surface area (Å²) in [6, 6.07) is 16.2. The predicted octanol–water partition coefficient (Wildman–Crippen LogP) is 4.84. The average Bonchev–Trinajstić information content (AvgIpc) is 2.80. The molecule has 33 heavy (non-hydrogen) atoms. The first-order valence-electron chi connectivity index (χ1n) is 10.4. The standard InChI is InChI=1S/C26H26N4O3/c1-17-8-9-21(29-24(31)19-6-5-7-20(11-19)26(2,3)16-27)12-23(17)25(32)30-22-10-18(15-33-4)13-28-14-22/h5-14H,15H2,1-4H3,(H,29,31)(H,30,32). The van der Waals surface area contributed by atoms with Gasteiger partial charge in [0.25, 0.3) is 11.8 Å². The Labute approximate surface area is 193 Å². The molecule has 168 valence electrons. The molecule has 0 saturated heterocycles. The summed E-state index contributed by atoms with van der Waals surface area (Å²) in [7, 11) is 1.59. The number of nitriles is 1. The highest BCUT2D eigenvalue weighted by atomic mass is 16.5. The monoisotopic (exact) mass is 442 g/mol. The molecule has 2 N–H and O–H groups in total. The van der Waals surface area contributed by atoms with Crippen LogP contribution in [0.3, 0.4) is 0 Å². The quantitative estimate of drug-likeness (QED) is 0.545. The molecule has 2 aromatic carbocycles. The number of carbonyl (C=O) groups excluding carboxylic acids is 2. The van der Waals surface area contributed by atoms with Crippen LogP contribution >= 0.6 is 0 Å². The molecule has 2 amide bonds. The Morgan fingerprint density at radius 2 is 1.79 bits per heavy atom. The molecule has 0 fully saturated rings. The second kappa shape index (κ2) is 10.1. The van der Waals surface area contributed by atoms with Crippen LogP contribution in [0.15, 0.2) is 60.9 Å². The molecule has 0 aliphatic heterocycles. The van der Waals surface area contributed by atoms with E-state index in [1.54, 1.807) is 75.8 Å². The van der Waals surface area contributed by atoms with Gasteiger partial charge < -0.3 is 15.4 Å². The molecule has 0 unspecified atom stereocenters. The van der Waals surface area contributed by atoms with Crippen LogP contribution in [-0.4, -0.2) is 23.9 Å². The van der Waals surface area contributed by atoms with E-state index in [1.807, 2.05) is 13.0 Å². The van der Waals surface area contributed by atoms with Crippen LogP contribution in [0.2, 0.25) is 0 Å². The van der Waals surface area contributed by atoms with Crippen LogP contribution in [-0.2, 0) is 16.8 Å². The van der Waals surface area contributed by atoms with Crippen molar-refractivity contribution in [3.8, 4) is 6.07 Å². The van der Waals surface area contributed by atoms with E-state index < -0.39 is 5.41 Å². The van der Waals surface area contributed by atoms with Gasteiger partial charge >= 0.3 is 0 Å². The zero-order valence-corrected chi connectivity index (χ0v) is 19.1. The minimum Gasteiger partial charge on any atom is -0.380 e. The second-order valence-corrected chi connectivity index (χ2v) is 8.27. The fourth-order valence-electron chi connectivity index (χ4n) is 3.26. The zero-order chi connectivity index (χ0) is 24.0. The topological polar surface area (TPSA) is 104 Å². The summed E-state index contributed by atoms with van der Waals surface area (Å²) in [4.78, 5) is 29.8. The molecule has 7 nitrogen and oxygen atoms in total. The lowest BCUT2D eigenvalue weighted by Gasteiger charge is -2.16. The predicted molar refractivity (Wildman–Crippen MR) is 127 cm³/mol. The van der Waals surface area contributed by atoms with Crippen LogP contribution in [0, 0.1) is 18.3 Å². The Balaban J connectivity index is 1.78. The lowest BCUT2D eigenvalue weighted by atomic mass is 9.85. The number of aryl methyl sites for hydroxylation is 1. The number of methoxy groups -OCH3 is 1. The number of benzene rings is 2. The first kappa shape index (κ1) is 23.6. The van der Waals surface area contributed by atoms with Crippen molar-refractivity contribution < 1.29 is 14.3 Å². The molecule has 3 aromatic rings. The van der Waals surface area contributed by atoms with Gasteiger partial charge in [-0.05, 0) is 67.8 Å². The lowest BCUT2D eigenvalue weighted by Crippen LogP contribution is -2.18. The molecule has 0 atom stereocenters. The van der Waals surface area contributed by atoms with Gasteiger partial charge in [0.15, 0.2) is 0 Å². The minimum absolute atomic E-state index is 0.308. The number of hydrogen-bond donors (Lipinski definition) is 2. The SMILES string of the molecule is COCc1cncc(NC(=O)c2cc(NC(=O)c3cccc(C(C)(C)C#N)c3)ccc2C)c1. The number of hydrogen-bond acceptors (Lipinski definition) is 5. The van der Waals surface area contributed by atoms with Crippen LogP contribution in [0.4, 0.5) is 11.4 Å². The minimum atomic E-state index is -0.708. The van der Waals surface area contributed by atoms with E-state index in [2.05, 4.69) is 21.7 Å². The molecule has 0 spiro atoms. The molecule has 1 aromatic heterocycles. The number of carbonyl (C=O) groups is 2. The second-order valence-electron chi connectivity index (χ2n) is 8.27. The number of amides is 2. The van der Waals surface area contributed by atoms with E-state index in [1.165, 1.54) is 0 Å². The largest absolute Gasteiger partial charge is 0.380 e. The Kier molecular flexibility index (Phi) is 7.21. The van der Waals surface area contributed by atoms with Crippen molar-refractivity contribution in [2.75, 3.05) is 17.7 Å². The molecule has 7 heteroatoms. The maximum atomic E-state index is 12.9. The molecule has 0 radical (unpaired) electrons. The van der Waals surface area contributed by atoms with Gasteiger partial charge in [-0.25, -0.2) is 0 Å². The molecule has 3 rings (SSSR count). The van der Waals surface area contributed by atoms with Crippen LogP contribution in [0.1, 0.15) is 51.3 Å². The van der Waals surface area contributed by atoms with E-state index >= 15 is 0 Å². The molecule has 0 aliphatic carbocycles. The Bertz CT molecular complexity index is 1230. The average molecular weight is 443 g/mol. The van der Waals surface area contributed by atoms with Crippen molar-refractivity contribution in [3.05, 3.63) is 88.7 Å². The van der Waals surface area contributed by atoms with Crippen molar-refractivity contribution in [2.45, 2.75) is 32.8 Å². The molecule has 1 heterocycles. The van der Waals surface area contributed by atoms with E-state index in [9.17, 15) is 14.9 Å². The smallest absolute Gasteiger partial charge is 0.256 e. The van der Waals surface area contributed by atoms with E-state index in [0.717, 1.165) is 16.7 Å². The lowest BCUT2D eigenvalue weighted by molar-refractivity contribution is 0.101. The van der Waals surface area contributed by atoms with Gasteiger partial charge in [-0.3, -0.25) is 14.6 Å². The summed E-state index contributed by atoms with van der Waals surface area (Å²) in [6.45, 7) is 5.82. The third kappa shape index (κ3) is 5.82. The number of pyridine rings is 1. The van der Waals surface area contributed by atoms with E-state index in [4.69, 9.17) is 4.74 Å². The van der Waals surface area contributed by atoms with Gasteiger partial charge in [0, 0.05) is 30.1 Å². The van der Waals surface area contributed by atoms with Crippen molar-refractivity contribution in [3.63, 3.8) is 0 Å². The molecular formula is C26H26N4O3. The highest BCUT2D eigenvalue weighted by Crippen LogP contribution is 2.24. The summed E-state index contributed by atoms with van der Waals surface area (Å²) in [5.41, 5.74) is 3.57. The summed E-state index contributed by atoms with van der Waals surface area (Å²) >= 11 is 0. The summed E-state index contributed by atoms with van der Waals surface area (Å²) in [5, 5.41) is 15.0. The first-order valence-corrected chi connectivity index (χ1v) is 10.4. The van der Waals surface area contributed by atoms with Crippen molar-refractivity contribution in [1.82, 2.24) is 4.98 Å². The normalized spacial score (nSPS) is 10.9.